The van der Waals surface area contributed by atoms with E-state index in [4.69, 9.17) is 10.7 Å². The van der Waals surface area contributed by atoms with Crippen molar-refractivity contribution < 1.29 is 18.3 Å². The number of benzene rings is 1. The minimum atomic E-state index is -4.32. The van der Waals surface area contributed by atoms with E-state index in [0.29, 0.717) is 46.2 Å². The number of hydrogen-bond donors (Lipinski definition) is 2. The molecular formula is C23H21F3N6O2. The first-order chi connectivity index (χ1) is 16.0. The van der Waals surface area contributed by atoms with E-state index < -0.39 is 29.3 Å². The van der Waals surface area contributed by atoms with Crippen molar-refractivity contribution in [2.24, 2.45) is 5.92 Å². The summed E-state index contributed by atoms with van der Waals surface area (Å²) in [5.74, 6) is -0.659. The zero-order chi connectivity index (χ0) is 24.0. The van der Waals surface area contributed by atoms with Gasteiger partial charge >= 0.3 is 6.18 Å². The minimum Gasteiger partial charge on any atom is -0.390 e. The van der Waals surface area contributed by atoms with Gasteiger partial charge in [-0.1, -0.05) is 12.1 Å². The normalized spacial score (nSPS) is 26.7. The highest BCUT2D eigenvalue weighted by Gasteiger charge is 2.57. The fourth-order valence-electron chi connectivity index (χ4n) is 5.13. The van der Waals surface area contributed by atoms with Gasteiger partial charge in [0, 0.05) is 29.1 Å². The van der Waals surface area contributed by atoms with Crippen LogP contribution in [-0.2, 0) is 0 Å². The Kier molecular flexibility index (Phi) is 4.21. The maximum absolute atomic E-state index is 13.1. The molecule has 6 rings (SSSR count). The van der Waals surface area contributed by atoms with Crippen molar-refractivity contribution in [3.05, 3.63) is 53.0 Å². The first-order valence-corrected chi connectivity index (χ1v) is 11.0. The van der Waals surface area contributed by atoms with E-state index in [2.05, 4.69) is 10.1 Å². The van der Waals surface area contributed by atoms with Crippen molar-refractivity contribution >= 4 is 22.1 Å². The van der Waals surface area contributed by atoms with E-state index in [9.17, 15) is 23.1 Å². The number of anilines is 1. The van der Waals surface area contributed by atoms with Gasteiger partial charge in [-0.2, -0.15) is 18.3 Å². The molecule has 2 saturated carbocycles. The molecule has 2 fully saturated rings. The third-order valence-corrected chi connectivity index (χ3v) is 6.96. The number of nitrogens with two attached hydrogens (primary N) is 1. The van der Waals surface area contributed by atoms with E-state index in [1.165, 1.54) is 17.1 Å². The van der Waals surface area contributed by atoms with Crippen LogP contribution in [-0.4, -0.2) is 41.0 Å². The van der Waals surface area contributed by atoms with E-state index >= 15 is 0 Å². The van der Waals surface area contributed by atoms with Crippen LogP contribution in [0.4, 0.5) is 19.0 Å². The largest absolute Gasteiger partial charge is 0.393 e. The molecule has 0 spiro atoms. The van der Waals surface area contributed by atoms with Crippen LogP contribution in [0.25, 0.3) is 27.5 Å². The standard InChI is InChI=1S/C23H21F3N6O2/c1-22(34)8-13(9-22)20-30-17(18-19(27)28-10-29-32(18)20)12-3-2-11-4-5-31(21(33)14(11)6-12)16-7-15(16)23(24,25)26/h2-6,10,13,15-16,34H,7-9H2,1H3,(H2,27,28,29)/t13?,15?,16-,22?/m1/s1. The van der Waals surface area contributed by atoms with Crippen LogP contribution in [0, 0.1) is 5.92 Å². The monoisotopic (exact) mass is 470 g/mol. The Labute approximate surface area is 190 Å². The van der Waals surface area contributed by atoms with Crippen molar-refractivity contribution in [3.8, 4) is 11.3 Å². The van der Waals surface area contributed by atoms with Crippen molar-refractivity contribution in [2.75, 3.05) is 5.73 Å². The van der Waals surface area contributed by atoms with Crippen LogP contribution in [0.5, 0.6) is 0 Å². The maximum Gasteiger partial charge on any atom is 0.393 e. The summed E-state index contributed by atoms with van der Waals surface area (Å²) in [7, 11) is 0. The number of alkyl halides is 3. The lowest BCUT2D eigenvalue weighted by Crippen LogP contribution is -2.40. The highest BCUT2D eigenvalue weighted by atomic mass is 19.4. The molecule has 11 heteroatoms. The second kappa shape index (κ2) is 6.78. The first-order valence-electron chi connectivity index (χ1n) is 11.0. The molecule has 0 radical (unpaired) electrons. The first kappa shape index (κ1) is 21.1. The van der Waals surface area contributed by atoms with E-state index in [0.717, 1.165) is 0 Å². The van der Waals surface area contributed by atoms with Gasteiger partial charge in [0.05, 0.1) is 11.5 Å². The van der Waals surface area contributed by atoms with Crippen molar-refractivity contribution in [1.82, 2.24) is 24.1 Å². The molecule has 3 aromatic heterocycles. The average molecular weight is 470 g/mol. The average Bonchev–Trinajstić information content (AvgIpc) is 3.47. The summed E-state index contributed by atoms with van der Waals surface area (Å²) in [6.45, 7) is 1.77. The van der Waals surface area contributed by atoms with Gasteiger partial charge in [0.1, 0.15) is 23.4 Å². The Bertz CT molecular complexity index is 1520. The Morgan fingerprint density at radius 2 is 2.00 bits per heavy atom. The van der Waals surface area contributed by atoms with Crippen LogP contribution in [0.2, 0.25) is 0 Å². The predicted octanol–water partition coefficient (Wildman–Crippen LogP) is 3.44. The maximum atomic E-state index is 13.1. The highest BCUT2D eigenvalue weighted by molar-refractivity contribution is 5.91. The number of nitrogen functional groups attached to an aromatic ring is 1. The summed E-state index contributed by atoms with van der Waals surface area (Å²) in [6.07, 6.45) is -0.600. The summed E-state index contributed by atoms with van der Waals surface area (Å²) in [6, 6.07) is 5.93. The quantitative estimate of drug-likeness (QED) is 0.475. The number of hydrogen-bond acceptors (Lipinski definition) is 6. The smallest absolute Gasteiger partial charge is 0.390 e. The van der Waals surface area contributed by atoms with Gasteiger partial charge < -0.3 is 15.4 Å². The molecule has 0 bridgehead atoms. The van der Waals surface area contributed by atoms with Gasteiger partial charge in [0.2, 0.25) is 0 Å². The summed E-state index contributed by atoms with van der Waals surface area (Å²) in [5, 5.41) is 15.4. The topological polar surface area (TPSA) is 111 Å². The van der Waals surface area contributed by atoms with Gasteiger partial charge in [-0.05, 0) is 43.7 Å². The number of rotatable bonds is 3. The van der Waals surface area contributed by atoms with E-state index in [-0.39, 0.29) is 18.2 Å². The fourth-order valence-corrected chi connectivity index (χ4v) is 5.13. The van der Waals surface area contributed by atoms with Gasteiger partial charge in [-0.3, -0.25) is 4.79 Å². The Morgan fingerprint density at radius 1 is 1.24 bits per heavy atom. The molecule has 2 aliphatic rings. The third-order valence-electron chi connectivity index (χ3n) is 6.96. The summed E-state index contributed by atoms with van der Waals surface area (Å²) >= 11 is 0. The fraction of sp³-hybridized carbons (Fsp3) is 0.391. The molecule has 3 heterocycles. The molecule has 2 atom stereocenters. The van der Waals surface area contributed by atoms with Crippen LogP contribution in [0.1, 0.15) is 44.0 Å². The molecule has 1 unspecified atom stereocenters. The Balaban J connectivity index is 1.48. The van der Waals surface area contributed by atoms with Crippen molar-refractivity contribution in [1.29, 1.82) is 0 Å². The van der Waals surface area contributed by atoms with Gasteiger partial charge in [-0.25, -0.2) is 14.5 Å². The molecule has 0 aliphatic heterocycles. The lowest BCUT2D eigenvalue weighted by atomic mass is 9.72. The number of aliphatic hydroxyl groups is 1. The van der Waals surface area contributed by atoms with Crippen molar-refractivity contribution in [2.45, 2.75) is 49.9 Å². The summed E-state index contributed by atoms with van der Waals surface area (Å²) < 4.78 is 42.0. The molecular weight excluding hydrogens is 449 g/mol. The van der Waals surface area contributed by atoms with Crippen LogP contribution in [0.3, 0.4) is 0 Å². The van der Waals surface area contributed by atoms with Gasteiger partial charge in [-0.15, -0.1) is 0 Å². The molecule has 4 aromatic rings. The Hall–Kier alpha value is -3.47. The molecule has 8 nitrogen and oxygen atoms in total. The highest BCUT2D eigenvalue weighted by Crippen LogP contribution is 2.52. The molecule has 34 heavy (non-hydrogen) atoms. The molecule has 0 amide bonds. The van der Waals surface area contributed by atoms with Crippen LogP contribution < -0.4 is 11.3 Å². The molecule has 1 aromatic carbocycles. The number of imidazole rings is 1. The van der Waals surface area contributed by atoms with E-state index in [1.807, 2.05) is 0 Å². The zero-order valence-electron chi connectivity index (χ0n) is 18.1. The van der Waals surface area contributed by atoms with Gasteiger partial charge in [0.15, 0.2) is 5.82 Å². The molecule has 0 saturated heterocycles. The second-order valence-corrected chi connectivity index (χ2v) is 9.61. The lowest BCUT2D eigenvalue weighted by molar-refractivity contribution is -0.150. The van der Waals surface area contributed by atoms with Gasteiger partial charge in [0.25, 0.3) is 5.56 Å². The number of halogens is 3. The van der Waals surface area contributed by atoms with E-state index in [1.54, 1.807) is 35.7 Å². The number of aromatic nitrogens is 5. The molecule has 3 N–H and O–H groups in total. The minimum absolute atomic E-state index is 0.0163. The molecule has 176 valence electrons. The van der Waals surface area contributed by atoms with Crippen LogP contribution in [0.15, 0.2) is 41.6 Å². The summed E-state index contributed by atoms with van der Waals surface area (Å²) in [4.78, 5) is 22.0. The second-order valence-electron chi connectivity index (χ2n) is 9.61. The SMILES string of the molecule is CC1(O)CC(c2nc(-c3ccc4ccn([C@@H]5CC5C(F)(F)F)c(=O)c4c3)c3c(N)ncnn23)C1. The number of fused-ring (bicyclic) bond motifs is 2. The third kappa shape index (κ3) is 3.17. The zero-order valence-corrected chi connectivity index (χ0v) is 18.1. The van der Waals surface area contributed by atoms with Crippen molar-refractivity contribution in [3.63, 3.8) is 0 Å². The Morgan fingerprint density at radius 3 is 2.68 bits per heavy atom. The molecule has 2 aliphatic carbocycles. The lowest BCUT2D eigenvalue weighted by Gasteiger charge is -2.39. The number of pyridine rings is 1. The number of nitrogens with zero attached hydrogens (tertiary/aromatic N) is 5. The van der Waals surface area contributed by atoms with Crippen LogP contribution >= 0.6 is 0 Å². The summed E-state index contributed by atoms with van der Waals surface area (Å²) in [5.41, 5.74) is 6.47. The predicted molar refractivity (Wildman–Crippen MR) is 118 cm³/mol.